The summed E-state index contributed by atoms with van der Waals surface area (Å²) in [6, 6.07) is 2.81. The molecule has 0 bridgehead atoms. The summed E-state index contributed by atoms with van der Waals surface area (Å²) >= 11 is 0. The number of H-pyrrole nitrogens is 1. The molecule has 0 spiro atoms. The van der Waals surface area contributed by atoms with Gasteiger partial charge in [0.2, 0.25) is 11.8 Å². The Hall–Kier alpha value is -2.81. The van der Waals surface area contributed by atoms with Crippen molar-refractivity contribution in [3.8, 4) is 11.6 Å². The number of halogens is 2. The second-order valence-electron chi connectivity index (χ2n) is 3.84. The molecule has 3 aromatic rings. The summed E-state index contributed by atoms with van der Waals surface area (Å²) in [7, 11) is 0. The molecule has 0 amide bonds. The van der Waals surface area contributed by atoms with Crippen LogP contribution in [0.1, 0.15) is 0 Å². The molecule has 0 atom stereocenters. The number of aromatic nitrogens is 4. The van der Waals surface area contributed by atoms with Crippen LogP contribution in [0, 0.1) is 11.6 Å². The van der Waals surface area contributed by atoms with E-state index in [-0.39, 0.29) is 17.6 Å². The van der Waals surface area contributed by atoms with Gasteiger partial charge in [-0.25, -0.2) is 14.6 Å². The second kappa shape index (κ2) is 4.70. The van der Waals surface area contributed by atoms with Gasteiger partial charge in [-0.05, 0) is 0 Å². The summed E-state index contributed by atoms with van der Waals surface area (Å²) in [4.78, 5) is 7.97. The summed E-state index contributed by atoms with van der Waals surface area (Å²) in [6.45, 7) is 0. The van der Waals surface area contributed by atoms with Gasteiger partial charge in [-0.3, -0.25) is 10.5 Å². The number of nitrogens with zero attached hydrogens (tertiary/aromatic N) is 3. The first-order valence-corrected chi connectivity index (χ1v) is 5.47. The van der Waals surface area contributed by atoms with Crippen molar-refractivity contribution in [2.45, 2.75) is 0 Å². The van der Waals surface area contributed by atoms with Crippen LogP contribution in [-0.4, -0.2) is 20.2 Å². The summed E-state index contributed by atoms with van der Waals surface area (Å²) in [5.41, 5.74) is 2.63. The maximum Gasteiger partial charge on any atom is 0.242 e. The van der Waals surface area contributed by atoms with Crippen molar-refractivity contribution in [1.29, 1.82) is 0 Å². The molecule has 3 rings (SSSR count). The zero-order valence-electron chi connectivity index (χ0n) is 9.89. The SMILES string of the molecule is NNc1nc(Oc2cc(F)cc(F)c2)c2cn[nH]c2n1. The predicted octanol–water partition coefficient (Wildman–Crippen LogP) is 1.71. The lowest BCUT2D eigenvalue weighted by atomic mass is 10.3. The van der Waals surface area contributed by atoms with Gasteiger partial charge < -0.3 is 4.74 Å². The Morgan fingerprint density at radius 1 is 1.15 bits per heavy atom. The molecule has 102 valence electrons. The lowest BCUT2D eigenvalue weighted by molar-refractivity contribution is 0.456. The zero-order chi connectivity index (χ0) is 14.1. The van der Waals surface area contributed by atoms with Crippen LogP contribution in [0.2, 0.25) is 0 Å². The molecule has 9 heteroatoms. The topological polar surface area (TPSA) is 102 Å². The van der Waals surface area contributed by atoms with E-state index in [1.54, 1.807) is 0 Å². The van der Waals surface area contributed by atoms with Gasteiger partial charge in [-0.2, -0.15) is 15.1 Å². The van der Waals surface area contributed by atoms with E-state index in [4.69, 9.17) is 10.6 Å². The number of fused-ring (bicyclic) bond motifs is 1. The monoisotopic (exact) mass is 278 g/mol. The van der Waals surface area contributed by atoms with E-state index in [0.717, 1.165) is 18.2 Å². The van der Waals surface area contributed by atoms with Crippen molar-refractivity contribution >= 4 is 17.0 Å². The molecule has 4 N–H and O–H groups in total. The second-order valence-corrected chi connectivity index (χ2v) is 3.84. The van der Waals surface area contributed by atoms with E-state index in [1.807, 2.05) is 0 Å². The first-order chi connectivity index (χ1) is 9.65. The predicted molar refractivity (Wildman–Crippen MR) is 65.9 cm³/mol. The van der Waals surface area contributed by atoms with Gasteiger partial charge in [-0.15, -0.1) is 0 Å². The molecule has 0 aliphatic heterocycles. The fraction of sp³-hybridized carbons (Fsp3) is 0. The van der Waals surface area contributed by atoms with Crippen molar-refractivity contribution in [3.63, 3.8) is 0 Å². The smallest absolute Gasteiger partial charge is 0.242 e. The Labute approximate surface area is 110 Å². The molecule has 2 heterocycles. The van der Waals surface area contributed by atoms with Gasteiger partial charge >= 0.3 is 0 Å². The van der Waals surface area contributed by atoms with Crippen LogP contribution in [0.5, 0.6) is 11.6 Å². The fourth-order valence-electron chi connectivity index (χ4n) is 1.65. The first-order valence-electron chi connectivity index (χ1n) is 5.47. The molecule has 2 aromatic heterocycles. The Morgan fingerprint density at radius 2 is 1.90 bits per heavy atom. The normalized spacial score (nSPS) is 10.8. The number of benzene rings is 1. The van der Waals surface area contributed by atoms with E-state index >= 15 is 0 Å². The molecule has 0 unspecified atom stereocenters. The number of nitrogen functional groups attached to an aromatic ring is 1. The van der Waals surface area contributed by atoms with Crippen LogP contribution in [0.25, 0.3) is 11.0 Å². The van der Waals surface area contributed by atoms with Gasteiger partial charge in [0.05, 0.1) is 6.20 Å². The summed E-state index contributed by atoms with van der Waals surface area (Å²) < 4.78 is 31.6. The Kier molecular flexibility index (Phi) is 2.88. The number of nitrogens with two attached hydrogens (primary N) is 1. The van der Waals surface area contributed by atoms with Gasteiger partial charge in [0.1, 0.15) is 22.8 Å². The molecule has 0 fully saturated rings. The molecular weight excluding hydrogens is 270 g/mol. The number of hydrazine groups is 1. The summed E-state index contributed by atoms with van der Waals surface area (Å²) in [5, 5.41) is 6.86. The van der Waals surface area contributed by atoms with Crippen LogP contribution < -0.4 is 16.0 Å². The highest BCUT2D eigenvalue weighted by atomic mass is 19.1. The molecular formula is C11H8F2N6O. The number of hydrogen-bond acceptors (Lipinski definition) is 6. The Bertz CT molecular complexity index is 754. The standard InChI is InChI=1S/C11H8F2N6O/c12-5-1-6(13)3-7(2-5)20-10-8-4-15-19-9(8)16-11(17-10)18-14/h1-4H,14H2,(H2,15,16,17,18,19). The average Bonchev–Trinajstić information content (AvgIpc) is 2.85. The third-order valence-corrected chi connectivity index (χ3v) is 2.45. The van der Waals surface area contributed by atoms with E-state index in [2.05, 4.69) is 25.6 Å². The highest BCUT2D eigenvalue weighted by molar-refractivity contribution is 5.80. The number of anilines is 1. The van der Waals surface area contributed by atoms with Gasteiger partial charge in [0.15, 0.2) is 5.65 Å². The molecule has 0 aliphatic carbocycles. The van der Waals surface area contributed by atoms with E-state index in [0.29, 0.717) is 11.0 Å². The third-order valence-electron chi connectivity index (χ3n) is 2.45. The minimum absolute atomic E-state index is 0.0355. The zero-order valence-corrected chi connectivity index (χ0v) is 9.89. The van der Waals surface area contributed by atoms with Crippen LogP contribution in [0.15, 0.2) is 24.4 Å². The van der Waals surface area contributed by atoms with Crippen LogP contribution in [0.3, 0.4) is 0 Å². The first kappa shape index (κ1) is 12.2. The summed E-state index contributed by atoms with van der Waals surface area (Å²) in [6.07, 6.45) is 1.43. The molecule has 0 radical (unpaired) electrons. The maximum atomic E-state index is 13.1. The van der Waals surface area contributed by atoms with E-state index in [9.17, 15) is 8.78 Å². The van der Waals surface area contributed by atoms with Crippen molar-refractivity contribution in [1.82, 2.24) is 20.2 Å². The maximum absolute atomic E-state index is 13.1. The van der Waals surface area contributed by atoms with E-state index < -0.39 is 11.6 Å². The molecule has 20 heavy (non-hydrogen) atoms. The molecule has 0 saturated carbocycles. The van der Waals surface area contributed by atoms with Gasteiger partial charge in [0, 0.05) is 18.2 Å². The number of nitrogens with one attached hydrogen (secondary N) is 2. The van der Waals surface area contributed by atoms with Crippen LogP contribution >= 0.6 is 0 Å². The summed E-state index contributed by atoms with van der Waals surface area (Å²) in [5.74, 6) is 3.84. The van der Waals surface area contributed by atoms with Gasteiger partial charge in [-0.1, -0.05) is 0 Å². The number of ether oxygens (including phenoxy) is 1. The fourth-order valence-corrected chi connectivity index (χ4v) is 1.65. The van der Waals surface area contributed by atoms with Crippen molar-refractivity contribution in [3.05, 3.63) is 36.0 Å². The highest BCUT2D eigenvalue weighted by Gasteiger charge is 2.12. The molecule has 1 aromatic carbocycles. The van der Waals surface area contributed by atoms with Crippen molar-refractivity contribution in [2.75, 3.05) is 5.43 Å². The van der Waals surface area contributed by atoms with Crippen molar-refractivity contribution < 1.29 is 13.5 Å². The van der Waals surface area contributed by atoms with E-state index in [1.165, 1.54) is 6.20 Å². The highest BCUT2D eigenvalue weighted by Crippen LogP contribution is 2.28. The Balaban J connectivity index is 2.07. The minimum atomic E-state index is -0.755. The quantitative estimate of drug-likeness (QED) is 0.498. The lowest BCUT2D eigenvalue weighted by Gasteiger charge is -2.07. The lowest BCUT2D eigenvalue weighted by Crippen LogP contribution is -2.10. The number of hydrogen-bond donors (Lipinski definition) is 3. The molecule has 0 saturated heterocycles. The number of aromatic amines is 1. The average molecular weight is 278 g/mol. The van der Waals surface area contributed by atoms with Crippen molar-refractivity contribution in [2.24, 2.45) is 5.84 Å². The largest absolute Gasteiger partial charge is 0.438 e. The third kappa shape index (κ3) is 2.21. The van der Waals surface area contributed by atoms with Crippen LogP contribution in [0.4, 0.5) is 14.7 Å². The minimum Gasteiger partial charge on any atom is -0.438 e. The Morgan fingerprint density at radius 3 is 2.60 bits per heavy atom. The van der Waals surface area contributed by atoms with Gasteiger partial charge in [0.25, 0.3) is 0 Å². The number of rotatable bonds is 3. The molecule has 0 aliphatic rings. The van der Waals surface area contributed by atoms with Crippen LogP contribution in [-0.2, 0) is 0 Å². The molecule has 7 nitrogen and oxygen atoms in total.